The van der Waals surface area contributed by atoms with Gasteiger partial charge in [0, 0.05) is 18.6 Å². The third-order valence-electron chi connectivity index (χ3n) is 2.42. The average molecular weight is 197 g/mol. The van der Waals surface area contributed by atoms with Crippen LogP contribution in [-0.2, 0) is 0 Å². The molecule has 5 heteroatoms. The van der Waals surface area contributed by atoms with Crippen molar-refractivity contribution in [3.05, 3.63) is 0 Å². The molecular weight excluding hydrogens is 183 g/mol. The van der Waals surface area contributed by atoms with Crippen LogP contribution in [0.25, 0.3) is 0 Å². The molecule has 2 nitrogen and oxygen atoms in total. The lowest BCUT2D eigenvalue weighted by molar-refractivity contribution is -0.144. The van der Waals surface area contributed by atoms with Crippen molar-refractivity contribution in [2.45, 2.75) is 19.5 Å². The minimum atomic E-state index is -4.12. The van der Waals surface area contributed by atoms with Crippen LogP contribution in [0.3, 0.4) is 0 Å². The van der Waals surface area contributed by atoms with Crippen molar-refractivity contribution in [3.8, 4) is 0 Å². The van der Waals surface area contributed by atoms with Crippen LogP contribution in [0.4, 0.5) is 13.2 Å². The van der Waals surface area contributed by atoms with E-state index in [0.717, 1.165) is 0 Å². The summed E-state index contributed by atoms with van der Waals surface area (Å²) in [4.78, 5) is 1.34. The first kappa shape index (κ1) is 10.8. The zero-order valence-corrected chi connectivity index (χ0v) is 7.56. The molecule has 1 rings (SSSR count). The zero-order chi connectivity index (χ0) is 10.1. The summed E-state index contributed by atoms with van der Waals surface area (Å²) in [6.07, 6.45) is -3.49. The molecule has 13 heavy (non-hydrogen) atoms. The number of rotatable bonds is 2. The smallest absolute Gasteiger partial charge is 0.396 e. The van der Waals surface area contributed by atoms with Gasteiger partial charge in [0.15, 0.2) is 0 Å². The van der Waals surface area contributed by atoms with Gasteiger partial charge in [-0.1, -0.05) is 6.92 Å². The topological polar surface area (TPSA) is 23.5 Å². The standard InChI is InChI=1S/C8H14F3NO/c1-7(6-13)2-3-12(4-7)5-8(9,10)11/h13H,2-6H2,1H3. The first-order chi connectivity index (χ1) is 5.85. The van der Waals surface area contributed by atoms with E-state index in [-0.39, 0.29) is 12.0 Å². The van der Waals surface area contributed by atoms with Crippen LogP contribution in [0, 0.1) is 5.41 Å². The maximum Gasteiger partial charge on any atom is 0.401 e. The van der Waals surface area contributed by atoms with Crippen LogP contribution < -0.4 is 0 Å². The summed E-state index contributed by atoms with van der Waals surface area (Å²) >= 11 is 0. The molecule has 0 aliphatic carbocycles. The molecule has 1 atom stereocenters. The predicted molar refractivity (Wildman–Crippen MR) is 42.3 cm³/mol. The number of hydrogen-bond acceptors (Lipinski definition) is 2. The van der Waals surface area contributed by atoms with Crippen LogP contribution in [0.5, 0.6) is 0 Å². The Morgan fingerprint density at radius 1 is 1.46 bits per heavy atom. The first-order valence-corrected chi connectivity index (χ1v) is 4.25. The summed E-state index contributed by atoms with van der Waals surface area (Å²) in [5.74, 6) is 0. The van der Waals surface area contributed by atoms with Crippen molar-refractivity contribution in [3.63, 3.8) is 0 Å². The van der Waals surface area contributed by atoms with Crippen molar-refractivity contribution in [1.82, 2.24) is 4.90 Å². The highest BCUT2D eigenvalue weighted by Gasteiger charge is 2.38. The number of aliphatic hydroxyl groups is 1. The predicted octanol–water partition coefficient (Wildman–Crippen LogP) is 1.25. The van der Waals surface area contributed by atoms with E-state index in [4.69, 9.17) is 5.11 Å². The number of halogens is 3. The Hall–Kier alpha value is -0.290. The lowest BCUT2D eigenvalue weighted by Gasteiger charge is -2.22. The van der Waals surface area contributed by atoms with Gasteiger partial charge in [-0.05, 0) is 13.0 Å². The molecule has 1 unspecified atom stereocenters. The van der Waals surface area contributed by atoms with Crippen molar-refractivity contribution in [2.75, 3.05) is 26.2 Å². The molecule has 0 bridgehead atoms. The van der Waals surface area contributed by atoms with Gasteiger partial charge < -0.3 is 5.11 Å². The maximum absolute atomic E-state index is 12.0. The average Bonchev–Trinajstić information content (AvgIpc) is 2.30. The van der Waals surface area contributed by atoms with Crippen molar-refractivity contribution in [2.24, 2.45) is 5.41 Å². The molecule has 1 aliphatic rings. The van der Waals surface area contributed by atoms with E-state index in [1.54, 1.807) is 0 Å². The molecule has 0 aromatic heterocycles. The molecule has 0 aromatic rings. The highest BCUT2D eigenvalue weighted by Crippen LogP contribution is 2.31. The minimum Gasteiger partial charge on any atom is -0.396 e. The largest absolute Gasteiger partial charge is 0.401 e. The van der Waals surface area contributed by atoms with E-state index < -0.39 is 12.7 Å². The summed E-state index contributed by atoms with van der Waals surface area (Å²) in [6, 6.07) is 0. The maximum atomic E-state index is 12.0. The Kier molecular flexibility index (Phi) is 2.87. The van der Waals surface area contributed by atoms with Crippen molar-refractivity contribution >= 4 is 0 Å². The fourth-order valence-electron chi connectivity index (χ4n) is 1.64. The number of alkyl halides is 3. The fraction of sp³-hybridized carbons (Fsp3) is 1.00. The van der Waals surface area contributed by atoms with Crippen LogP contribution >= 0.6 is 0 Å². The summed E-state index contributed by atoms with van der Waals surface area (Å²) in [7, 11) is 0. The fourth-order valence-corrected chi connectivity index (χ4v) is 1.64. The van der Waals surface area contributed by atoms with Gasteiger partial charge in [0.25, 0.3) is 0 Å². The van der Waals surface area contributed by atoms with Crippen molar-refractivity contribution < 1.29 is 18.3 Å². The van der Waals surface area contributed by atoms with Gasteiger partial charge in [0.1, 0.15) is 0 Å². The Morgan fingerprint density at radius 2 is 2.08 bits per heavy atom. The highest BCUT2D eigenvalue weighted by molar-refractivity contribution is 4.86. The molecule has 1 heterocycles. The Morgan fingerprint density at radius 3 is 2.46 bits per heavy atom. The van der Waals surface area contributed by atoms with E-state index in [9.17, 15) is 13.2 Å². The third kappa shape index (κ3) is 3.15. The van der Waals surface area contributed by atoms with E-state index in [0.29, 0.717) is 19.5 Å². The third-order valence-corrected chi connectivity index (χ3v) is 2.42. The molecular formula is C8H14F3NO. The van der Waals surface area contributed by atoms with E-state index >= 15 is 0 Å². The number of nitrogens with zero attached hydrogens (tertiary/aromatic N) is 1. The molecule has 1 fully saturated rings. The van der Waals surface area contributed by atoms with E-state index in [1.807, 2.05) is 6.92 Å². The second-order valence-corrected chi connectivity index (χ2v) is 4.04. The minimum absolute atomic E-state index is 0.0403. The SMILES string of the molecule is CC1(CO)CCN(CC(F)(F)F)C1. The molecule has 0 amide bonds. The van der Waals surface area contributed by atoms with E-state index in [1.165, 1.54) is 4.90 Å². The molecule has 0 spiro atoms. The van der Waals surface area contributed by atoms with Gasteiger partial charge in [0.05, 0.1) is 6.54 Å². The van der Waals surface area contributed by atoms with Crippen LogP contribution in [0.15, 0.2) is 0 Å². The highest BCUT2D eigenvalue weighted by atomic mass is 19.4. The molecule has 1 N–H and O–H groups in total. The van der Waals surface area contributed by atoms with Gasteiger partial charge in [0.2, 0.25) is 0 Å². The van der Waals surface area contributed by atoms with Gasteiger partial charge in [-0.3, -0.25) is 4.90 Å². The van der Waals surface area contributed by atoms with Gasteiger partial charge in [-0.15, -0.1) is 0 Å². The molecule has 78 valence electrons. The number of likely N-dealkylation sites (tertiary alicyclic amines) is 1. The summed E-state index contributed by atoms with van der Waals surface area (Å²) in [5, 5.41) is 8.93. The van der Waals surface area contributed by atoms with Gasteiger partial charge >= 0.3 is 6.18 Å². The Labute approximate surface area is 75.3 Å². The van der Waals surface area contributed by atoms with Gasteiger partial charge in [-0.2, -0.15) is 13.2 Å². The Balaban J connectivity index is 2.42. The lowest BCUT2D eigenvalue weighted by Crippen LogP contribution is -2.34. The van der Waals surface area contributed by atoms with Crippen LogP contribution in [0.1, 0.15) is 13.3 Å². The second-order valence-electron chi connectivity index (χ2n) is 4.04. The van der Waals surface area contributed by atoms with Crippen LogP contribution in [-0.4, -0.2) is 42.4 Å². The number of aliphatic hydroxyl groups excluding tert-OH is 1. The van der Waals surface area contributed by atoms with Gasteiger partial charge in [-0.25, -0.2) is 0 Å². The molecule has 1 saturated heterocycles. The molecule has 0 aromatic carbocycles. The molecule has 0 radical (unpaired) electrons. The summed E-state index contributed by atoms with van der Waals surface area (Å²) < 4.78 is 35.9. The molecule has 0 saturated carbocycles. The second kappa shape index (κ2) is 3.46. The van der Waals surface area contributed by atoms with Crippen LogP contribution in [0.2, 0.25) is 0 Å². The quantitative estimate of drug-likeness (QED) is 0.720. The van der Waals surface area contributed by atoms with E-state index in [2.05, 4.69) is 0 Å². The normalized spacial score (nSPS) is 31.2. The summed E-state index contributed by atoms with van der Waals surface area (Å²) in [5.41, 5.74) is -0.342. The lowest BCUT2D eigenvalue weighted by atomic mass is 9.91. The zero-order valence-electron chi connectivity index (χ0n) is 7.56. The Bertz CT molecular complexity index is 183. The number of hydrogen-bond donors (Lipinski definition) is 1. The molecule has 1 aliphatic heterocycles. The monoisotopic (exact) mass is 197 g/mol. The first-order valence-electron chi connectivity index (χ1n) is 4.25. The van der Waals surface area contributed by atoms with Crippen molar-refractivity contribution in [1.29, 1.82) is 0 Å². The summed E-state index contributed by atoms with van der Waals surface area (Å²) in [6.45, 7) is 1.67.